The normalized spacial score (nSPS) is 11.8. The monoisotopic (exact) mass is 638 g/mol. The molecule has 0 atom stereocenters. The van der Waals surface area contributed by atoms with Crippen LogP contribution < -0.4 is 0 Å². The molecule has 2 heterocycles. The quantitative estimate of drug-likeness (QED) is 0.182. The molecule has 50 heavy (non-hydrogen) atoms. The second-order valence-corrected chi connectivity index (χ2v) is 13.4. The Morgan fingerprint density at radius 2 is 0.660 bits per heavy atom. The molecular formula is C48H34N2. The smallest absolute Gasteiger partial charge is 0.0547 e. The molecule has 10 aromatic rings. The van der Waals surface area contributed by atoms with Gasteiger partial charge in [0, 0.05) is 32.3 Å². The van der Waals surface area contributed by atoms with E-state index in [-0.39, 0.29) is 0 Å². The van der Waals surface area contributed by atoms with Gasteiger partial charge in [0.1, 0.15) is 0 Å². The minimum Gasteiger partial charge on any atom is -0.309 e. The molecule has 0 unspecified atom stereocenters. The van der Waals surface area contributed by atoms with E-state index in [9.17, 15) is 0 Å². The van der Waals surface area contributed by atoms with E-state index in [0.717, 1.165) is 0 Å². The van der Waals surface area contributed by atoms with E-state index < -0.39 is 0 Å². The highest BCUT2D eigenvalue weighted by molar-refractivity contribution is 6.14. The summed E-state index contributed by atoms with van der Waals surface area (Å²) in [6, 6.07) is 62.4. The van der Waals surface area contributed by atoms with Crippen LogP contribution in [0, 0.1) is 13.8 Å². The molecule has 0 saturated carbocycles. The Bertz CT molecular complexity index is 2750. The highest BCUT2D eigenvalue weighted by Gasteiger charge is 2.19. The fraction of sp³-hybridized carbons (Fsp3) is 0.0417. The van der Waals surface area contributed by atoms with Crippen molar-refractivity contribution < 1.29 is 0 Å². The van der Waals surface area contributed by atoms with Crippen molar-refractivity contribution in [3.63, 3.8) is 0 Å². The average molecular weight is 639 g/mol. The SMILES string of the molecule is Cc1ccccc1-c1ccc2c3ccccc3n(-c3ccc(-n4c5ccccc5c5ccc(-c6ccccc6C)cc54)c4ccccc34)c2c1. The van der Waals surface area contributed by atoms with E-state index in [0.29, 0.717) is 0 Å². The molecular weight excluding hydrogens is 605 g/mol. The lowest BCUT2D eigenvalue weighted by Crippen LogP contribution is -2.00. The van der Waals surface area contributed by atoms with Crippen LogP contribution in [-0.2, 0) is 0 Å². The van der Waals surface area contributed by atoms with Gasteiger partial charge in [-0.2, -0.15) is 0 Å². The third-order valence-corrected chi connectivity index (χ3v) is 10.6. The Balaban J connectivity index is 1.26. The minimum absolute atomic E-state index is 1.18. The highest BCUT2D eigenvalue weighted by atomic mass is 15.0. The zero-order valence-electron chi connectivity index (χ0n) is 28.1. The van der Waals surface area contributed by atoms with Crippen LogP contribution in [0.2, 0.25) is 0 Å². The number of hydrogen-bond donors (Lipinski definition) is 0. The fourth-order valence-corrected chi connectivity index (χ4v) is 8.25. The molecule has 0 saturated heterocycles. The molecule has 0 radical (unpaired) electrons. The molecule has 10 rings (SSSR count). The van der Waals surface area contributed by atoms with Gasteiger partial charge in [0.05, 0.1) is 33.4 Å². The number of benzene rings is 8. The maximum absolute atomic E-state index is 2.47. The number of fused-ring (bicyclic) bond motifs is 7. The Morgan fingerprint density at radius 3 is 1.10 bits per heavy atom. The Labute approximate surface area is 291 Å². The van der Waals surface area contributed by atoms with Crippen LogP contribution in [0.5, 0.6) is 0 Å². The summed E-state index contributed by atoms with van der Waals surface area (Å²) >= 11 is 0. The van der Waals surface area contributed by atoms with Gasteiger partial charge in [-0.3, -0.25) is 0 Å². The van der Waals surface area contributed by atoms with Crippen molar-refractivity contribution in [2.45, 2.75) is 13.8 Å². The van der Waals surface area contributed by atoms with Crippen molar-refractivity contribution in [2.24, 2.45) is 0 Å². The van der Waals surface area contributed by atoms with Crippen molar-refractivity contribution in [3.05, 3.63) is 181 Å². The molecule has 0 bridgehead atoms. The molecule has 0 aliphatic heterocycles. The average Bonchev–Trinajstić information content (AvgIpc) is 3.67. The van der Waals surface area contributed by atoms with Crippen LogP contribution in [0.1, 0.15) is 11.1 Å². The van der Waals surface area contributed by atoms with Crippen LogP contribution >= 0.6 is 0 Å². The van der Waals surface area contributed by atoms with E-state index >= 15 is 0 Å². The van der Waals surface area contributed by atoms with E-state index in [1.807, 2.05) is 0 Å². The molecule has 0 amide bonds. The number of hydrogen-bond acceptors (Lipinski definition) is 0. The second kappa shape index (κ2) is 11.1. The zero-order chi connectivity index (χ0) is 33.3. The number of para-hydroxylation sites is 2. The maximum Gasteiger partial charge on any atom is 0.0547 e. The van der Waals surface area contributed by atoms with Gasteiger partial charge in [0.15, 0.2) is 0 Å². The molecule has 0 fully saturated rings. The molecule has 236 valence electrons. The summed E-state index contributed by atoms with van der Waals surface area (Å²) in [7, 11) is 0. The van der Waals surface area contributed by atoms with Gasteiger partial charge in [0.25, 0.3) is 0 Å². The summed E-state index contributed by atoms with van der Waals surface area (Å²) < 4.78 is 4.95. The van der Waals surface area contributed by atoms with E-state index in [2.05, 4.69) is 193 Å². The molecule has 0 spiro atoms. The number of rotatable bonds is 4. The third kappa shape index (κ3) is 4.22. The first-order valence-corrected chi connectivity index (χ1v) is 17.4. The first-order chi connectivity index (χ1) is 24.7. The van der Waals surface area contributed by atoms with Crippen LogP contribution in [0.25, 0.3) is 88.0 Å². The summed E-state index contributed by atoms with van der Waals surface area (Å²) in [6.45, 7) is 4.39. The van der Waals surface area contributed by atoms with Gasteiger partial charge in [-0.15, -0.1) is 0 Å². The fourth-order valence-electron chi connectivity index (χ4n) is 8.25. The maximum atomic E-state index is 2.47. The molecule has 2 aromatic heterocycles. The van der Waals surface area contributed by atoms with E-state index in [4.69, 9.17) is 0 Å². The predicted molar refractivity (Wildman–Crippen MR) is 213 cm³/mol. The Kier molecular flexibility index (Phi) is 6.34. The standard InChI is InChI=1S/C48H34N2/c1-31-13-3-5-15-35(31)33-23-25-41-39-19-9-11-21-43(39)49(47(41)29-33)45-27-28-46(38-18-8-7-17-37(38)45)50-44-22-12-10-20-40(44)42-26-24-34(30-48(42)50)36-16-6-4-14-32(36)2/h3-30H,1-2H3. The summed E-state index contributed by atoms with van der Waals surface area (Å²) in [5, 5.41) is 7.48. The predicted octanol–water partition coefficient (Wildman–Crippen LogP) is 13.0. The van der Waals surface area contributed by atoms with Gasteiger partial charge >= 0.3 is 0 Å². The summed E-state index contributed by atoms with van der Waals surface area (Å²) in [5.41, 5.74) is 14.8. The van der Waals surface area contributed by atoms with Gasteiger partial charge in [-0.25, -0.2) is 0 Å². The Hall–Kier alpha value is -6.38. The summed E-state index contributed by atoms with van der Waals surface area (Å²) in [5.74, 6) is 0. The van der Waals surface area contributed by atoms with Crippen LogP contribution in [0.4, 0.5) is 0 Å². The molecule has 0 aliphatic carbocycles. The lowest BCUT2D eigenvalue weighted by atomic mass is 9.99. The van der Waals surface area contributed by atoms with Gasteiger partial charge in [-0.1, -0.05) is 133 Å². The van der Waals surface area contributed by atoms with E-state index in [1.165, 1.54) is 99.1 Å². The zero-order valence-corrected chi connectivity index (χ0v) is 28.1. The first-order valence-electron chi connectivity index (χ1n) is 17.4. The van der Waals surface area contributed by atoms with Crippen molar-refractivity contribution in [3.8, 4) is 33.6 Å². The van der Waals surface area contributed by atoms with Crippen LogP contribution in [0.3, 0.4) is 0 Å². The second-order valence-electron chi connectivity index (χ2n) is 13.4. The Morgan fingerprint density at radius 1 is 0.300 bits per heavy atom. The number of nitrogens with zero attached hydrogens (tertiary/aromatic N) is 2. The molecule has 2 nitrogen and oxygen atoms in total. The lowest BCUT2D eigenvalue weighted by Gasteiger charge is -2.17. The number of aryl methyl sites for hydroxylation is 2. The molecule has 0 N–H and O–H groups in total. The molecule has 0 aliphatic rings. The van der Waals surface area contributed by atoms with Crippen molar-refractivity contribution in [1.82, 2.24) is 9.13 Å². The van der Waals surface area contributed by atoms with E-state index in [1.54, 1.807) is 0 Å². The topological polar surface area (TPSA) is 9.86 Å². The van der Waals surface area contributed by atoms with Crippen LogP contribution in [0.15, 0.2) is 170 Å². The summed E-state index contributed by atoms with van der Waals surface area (Å²) in [6.07, 6.45) is 0. The third-order valence-electron chi connectivity index (χ3n) is 10.6. The van der Waals surface area contributed by atoms with Gasteiger partial charge < -0.3 is 9.13 Å². The highest BCUT2D eigenvalue weighted by Crippen LogP contribution is 2.41. The van der Waals surface area contributed by atoms with Gasteiger partial charge in [0.2, 0.25) is 0 Å². The van der Waals surface area contributed by atoms with Crippen LogP contribution in [-0.4, -0.2) is 9.13 Å². The molecule has 2 heteroatoms. The van der Waals surface area contributed by atoms with Crippen molar-refractivity contribution in [1.29, 1.82) is 0 Å². The lowest BCUT2D eigenvalue weighted by molar-refractivity contribution is 1.17. The van der Waals surface area contributed by atoms with Gasteiger partial charge in [-0.05, 0) is 83.6 Å². The largest absolute Gasteiger partial charge is 0.309 e. The van der Waals surface area contributed by atoms with Crippen molar-refractivity contribution in [2.75, 3.05) is 0 Å². The number of aromatic nitrogens is 2. The first kappa shape index (κ1) is 28.6. The summed E-state index contributed by atoms with van der Waals surface area (Å²) in [4.78, 5) is 0. The molecule has 8 aromatic carbocycles. The van der Waals surface area contributed by atoms with Crippen molar-refractivity contribution >= 4 is 54.4 Å². The minimum atomic E-state index is 1.18.